The summed E-state index contributed by atoms with van der Waals surface area (Å²) in [6, 6.07) is 3.29. The number of hydrogen-bond acceptors (Lipinski definition) is 4. The number of aromatic nitrogens is 2. The van der Waals surface area contributed by atoms with E-state index in [1.807, 2.05) is 43.9 Å². The summed E-state index contributed by atoms with van der Waals surface area (Å²) in [5.74, 6) is 0.153. The first-order valence-corrected chi connectivity index (χ1v) is 8.73. The minimum absolute atomic E-state index is 0.0422. The van der Waals surface area contributed by atoms with Crippen LogP contribution in [-0.2, 0) is 6.42 Å². The van der Waals surface area contributed by atoms with Gasteiger partial charge in [-0.15, -0.1) is 0 Å². The quantitative estimate of drug-likeness (QED) is 0.720. The molecule has 25 heavy (non-hydrogen) atoms. The van der Waals surface area contributed by atoms with Gasteiger partial charge >= 0.3 is 0 Å². The van der Waals surface area contributed by atoms with Crippen molar-refractivity contribution in [3.8, 4) is 22.8 Å². The molecule has 132 valence electrons. The second-order valence-electron chi connectivity index (χ2n) is 6.41. The van der Waals surface area contributed by atoms with Gasteiger partial charge in [0.15, 0.2) is 4.77 Å². The van der Waals surface area contributed by atoms with Gasteiger partial charge in [0.1, 0.15) is 11.5 Å². The molecule has 1 aromatic carbocycles. The molecule has 0 amide bonds. The molecule has 3 rings (SSSR count). The average molecular weight is 357 g/mol. The van der Waals surface area contributed by atoms with Gasteiger partial charge in [0.05, 0.1) is 11.7 Å². The average Bonchev–Trinajstić information content (AvgIpc) is 2.96. The van der Waals surface area contributed by atoms with Crippen molar-refractivity contribution < 1.29 is 10.2 Å². The molecule has 0 aliphatic heterocycles. The molecule has 0 fully saturated rings. The third kappa shape index (κ3) is 3.22. The van der Waals surface area contributed by atoms with Crippen LogP contribution in [0.5, 0.6) is 11.5 Å². The molecule has 5 nitrogen and oxygen atoms in total. The molecule has 0 spiro atoms. The van der Waals surface area contributed by atoms with Crippen LogP contribution < -0.4 is 0 Å². The van der Waals surface area contributed by atoms with Crippen LogP contribution in [0.4, 0.5) is 0 Å². The molecule has 6 heteroatoms. The largest absolute Gasteiger partial charge is 0.508 e. The molecule has 1 heterocycles. The Morgan fingerprint density at radius 3 is 2.72 bits per heavy atom. The maximum Gasteiger partial charge on any atom is 0.178 e. The number of aromatic amines is 1. The first-order valence-electron chi connectivity index (χ1n) is 8.32. The van der Waals surface area contributed by atoms with Crippen molar-refractivity contribution >= 4 is 12.2 Å². The normalized spacial score (nSPS) is 16.8. The Morgan fingerprint density at radius 1 is 1.28 bits per heavy atom. The Balaban J connectivity index is 2.09. The summed E-state index contributed by atoms with van der Waals surface area (Å²) in [6.45, 7) is 1.97. The van der Waals surface area contributed by atoms with E-state index in [1.54, 1.807) is 0 Å². The maximum atomic E-state index is 10.4. The number of phenols is 2. The number of allylic oxidation sites excluding steroid dienone is 4. The second kappa shape index (κ2) is 6.80. The Hall–Kier alpha value is -2.47. The predicted molar refractivity (Wildman–Crippen MR) is 102 cm³/mol. The third-order valence-corrected chi connectivity index (χ3v) is 4.93. The van der Waals surface area contributed by atoms with Gasteiger partial charge < -0.3 is 24.7 Å². The lowest BCUT2D eigenvalue weighted by Gasteiger charge is -2.26. The van der Waals surface area contributed by atoms with Crippen LogP contribution in [0.3, 0.4) is 0 Å². The number of nitrogens with one attached hydrogen (secondary N) is 1. The summed E-state index contributed by atoms with van der Waals surface area (Å²) in [5.41, 5.74) is 3.48. The highest BCUT2D eigenvalue weighted by Crippen LogP contribution is 2.37. The van der Waals surface area contributed by atoms with Gasteiger partial charge in [0, 0.05) is 44.0 Å². The number of phenolic OH excluding ortho intramolecular Hbond substituents is 2. The summed E-state index contributed by atoms with van der Waals surface area (Å²) < 4.78 is 2.63. The minimum atomic E-state index is 0.0422. The zero-order valence-electron chi connectivity index (χ0n) is 14.7. The highest BCUT2D eigenvalue weighted by molar-refractivity contribution is 7.71. The fourth-order valence-electron chi connectivity index (χ4n) is 3.18. The van der Waals surface area contributed by atoms with Gasteiger partial charge in [0.25, 0.3) is 0 Å². The van der Waals surface area contributed by atoms with Crippen molar-refractivity contribution in [2.24, 2.45) is 0 Å². The summed E-state index contributed by atoms with van der Waals surface area (Å²) in [5, 5.41) is 20.3. The van der Waals surface area contributed by atoms with Crippen molar-refractivity contribution in [2.45, 2.75) is 25.8 Å². The topological polar surface area (TPSA) is 64.4 Å². The van der Waals surface area contributed by atoms with E-state index in [1.165, 1.54) is 11.8 Å². The summed E-state index contributed by atoms with van der Waals surface area (Å²) in [6.07, 6.45) is 9.56. The monoisotopic (exact) mass is 357 g/mol. The van der Waals surface area contributed by atoms with E-state index in [9.17, 15) is 10.2 Å². The lowest BCUT2D eigenvalue weighted by molar-refractivity contribution is 0.442. The van der Waals surface area contributed by atoms with E-state index in [0.717, 1.165) is 17.7 Å². The first kappa shape index (κ1) is 17.4. The van der Waals surface area contributed by atoms with Gasteiger partial charge in [-0.25, -0.2) is 0 Å². The molecular weight excluding hydrogens is 334 g/mol. The maximum absolute atomic E-state index is 10.4. The van der Waals surface area contributed by atoms with Gasteiger partial charge in [-0.2, -0.15) is 0 Å². The number of H-pyrrole nitrogens is 1. The fraction of sp³-hybridized carbons (Fsp3) is 0.316. The SMILES string of the molecule is CCc1cc(-c2c[nH]c(=S)n2C2C=CC=C(N(C)C)C2)c(O)cc1O. The number of hydrogen-bond donors (Lipinski definition) is 3. The lowest BCUT2D eigenvalue weighted by atomic mass is 10.0. The molecule has 0 saturated heterocycles. The van der Waals surface area contributed by atoms with Gasteiger partial charge in [-0.1, -0.05) is 19.1 Å². The fourth-order valence-corrected chi connectivity index (χ4v) is 3.47. The van der Waals surface area contributed by atoms with Crippen LogP contribution in [0, 0.1) is 4.77 Å². The zero-order valence-corrected chi connectivity index (χ0v) is 15.5. The third-order valence-electron chi connectivity index (χ3n) is 4.61. The van der Waals surface area contributed by atoms with Crippen molar-refractivity contribution in [3.63, 3.8) is 0 Å². The van der Waals surface area contributed by atoms with Crippen LogP contribution >= 0.6 is 12.2 Å². The second-order valence-corrected chi connectivity index (χ2v) is 6.80. The lowest BCUT2D eigenvalue weighted by Crippen LogP contribution is -2.18. The molecule has 1 aliphatic rings. The highest BCUT2D eigenvalue weighted by Gasteiger charge is 2.21. The Kier molecular flexibility index (Phi) is 4.72. The van der Waals surface area contributed by atoms with Crippen LogP contribution in [0.15, 0.2) is 42.3 Å². The summed E-state index contributed by atoms with van der Waals surface area (Å²) in [4.78, 5) is 5.19. The number of rotatable bonds is 4. The first-order chi connectivity index (χ1) is 11.9. The molecule has 1 aliphatic carbocycles. The zero-order chi connectivity index (χ0) is 18.1. The molecule has 0 bridgehead atoms. The van der Waals surface area contributed by atoms with Crippen LogP contribution in [0.2, 0.25) is 0 Å². The number of aryl methyl sites for hydroxylation is 1. The van der Waals surface area contributed by atoms with Crippen LogP contribution in [-0.4, -0.2) is 38.8 Å². The Bertz CT molecular complexity index is 906. The van der Waals surface area contributed by atoms with E-state index in [-0.39, 0.29) is 17.5 Å². The van der Waals surface area contributed by atoms with Crippen molar-refractivity contribution in [1.29, 1.82) is 0 Å². The van der Waals surface area contributed by atoms with Gasteiger partial charge in [-0.3, -0.25) is 0 Å². The molecule has 1 unspecified atom stereocenters. The van der Waals surface area contributed by atoms with Crippen LogP contribution in [0.1, 0.15) is 24.9 Å². The molecule has 3 N–H and O–H groups in total. The molecule has 1 atom stereocenters. The number of imidazole rings is 1. The highest BCUT2D eigenvalue weighted by atomic mass is 32.1. The summed E-state index contributed by atoms with van der Waals surface area (Å²) >= 11 is 5.50. The van der Waals surface area contributed by atoms with Crippen molar-refractivity contribution in [3.05, 3.63) is 52.6 Å². The summed E-state index contributed by atoms with van der Waals surface area (Å²) in [7, 11) is 4.05. The number of nitrogens with zero attached hydrogens (tertiary/aromatic N) is 2. The van der Waals surface area contributed by atoms with Gasteiger partial charge in [0.2, 0.25) is 0 Å². The van der Waals surface area contributed by atoms with Crippen LogP contribution in [0.25, 0.3) is 11.3 Å². The van der Waals surface area contributed by atoms with E-state index in [0.29, 0.717) is 16.8 Å². The Morgan fingerprint density at radius 2 is 2.04 bits per heavy atom. The molecule has 2 aromatic rings. The van der Waals surface area contributed by atoms with Crippen molar-refractivity contribution in [2.75, 3.05) is 14.1 Å². The number of aromatic hydroxyl groups is 2. The molecule has 1 aromatic heterocycles. The molecular formula is C19H23N3O2S. The van der Waals surface area contributed by atoms with E-state index < -0.39 is 0 Å². The molecule has 0 radical (unpaired) electrons. The predicted octanol–water partition coefficient (Wildman–Crippen LogP) is 4.13. The van der Waals surface area contributed by atoms with E-state index >= 15 is 0 Å². The van der Waals surface area contributed by atoms with E-state index in [4.69, 9.17) is 12.2 Å². The van der Waals surface area contributed by atoms with Crippen molar-refractivity contribution in [1.82, 2.24) is 14.5 Å². The minimum Gasteiger partial charge on any atom is -0.508 e. The smallest absolute Gasteiger partial charge is 0.178 e. The van der Waals surface area contributed by atoms with E-state index in [2.05, 4.69) is 22.0 Å². The standard InChI is InChI=1S/C19H23N3O2S/c1-4-12-8-15(18(24)10-17(12)23)16-11-20-19(25)22(16)14-7-5-6-13(9-14)21(2)3/h5-8,10-11,14,23-24H,4,9H2,1-3H3,(H,20,25). The molecule has 0 saturated carbocycles. The Labute approximate surface area is 152 Å². The van der Waals surface area contributed by atoms with Gasteiger partial charge in [-0.05, 0) is 36.3 Å². The number of benzene rings is 1.